The molecule has 0 amide bonds. The molecule has 3 heterocycles. The number of nitrogens with zero attached hydrogens (tertiary/aromatic N) is 5. The summed E-state index contributed by atoms with van der Waals surface area (Å²) in [5, 5.41) is 14.0. The lowest BCUT2D eigenvalue weighted by Crippen LogP contribution is -2.42. The molecule has 1 saturated heterocycles. The molecule has 1 unspecified atom stereocenters. The predicted molar refractivity (Wildman–Crippen MR) is 120 cm³/mol. The first-order chi connectivity index (χ1) is 12.6. The van der Waals surface area contributed by atoms with Crippen LogP contribution in [0.1, 0.15) is 22.9 Å². The second-order valence-corrected chi connectivity index (χ2v) is 7.76. The Kier molecular flexibility index (Phi) is 8.97. The number of aliphatic imine (C=N–C) groups is 1. The number of guanidine groups is 1. The van der Waals surface area contributed by atoms with Gasteiger partial charge in [0, 0.05) is 44.6 Å². The third kappa shape index (κ3) is 6.42. The van der Waals surface area contributed by atoms with E-state index < -0.39 is 0 Å². The van der Waals surface area contributed by atoms with Crippen molar-refractivity contribution >= 4 is 41.3 Å². The summed E-state index contributed by atoms with van der Waals surface area (Å²) in [5.41, 5.74) is 0. The van der Waals surface area contributed by atoms with Gasteiger partial charge in [0.25, 0.3) is 0 Å². The predicted octanol–water partition coefficient (Wildman–Crippen LogP) is 2.46. The topological polar surface area (TPSA) is 67.6 Å². The van der Waals surface area contributed by atoms with Gasteiger partial charge in [0.15, 0.2) is 11.8 Å². The van der Waals surface area contributed by atoms with Gasteiger partial charge in [-0.05, 0) is 31.2 Å². The van der Waals surface area contributed by atoms with Crippen molar-refractivity contribution in [1.29, 1.82) is 0 Å². The van der Waals surface area contributed by atoms with Gasteiger partial charge in [-0.15, -0.1) is 45.5 Å². The van der Waals surface area contributed by atoms with Crippen molar-refractivity contribution in [3.05, 3.63) is 34.0 Å². The first-order valence-electron chi connectivity index (χ1n) is 9.08. The Hall–Kier alpha value is -1.20. The summed E-state index contributed by atoms with van der Waals surface area (Å²) in [4.78, 5) is 8.39. The number of aromatic nitrogens is 3. The summed E-state index contributed by atoms with van der Waals surface area (Å²) in [7, 11) is 4.07. The van der Waals surface area contributed by atoms with E-state index in [9.17, 15) is 0 Å². The number of hydrogen-bond donors (Lipinski definition) is 1. The van der Waals surface area contributed by atoms with E-state index in [0.29, 0.717) is 12.5 Å². The van der Waals surface area contributed by atoms with Gasteiger partial charge < -0.3 is 19.5 Å². The lowest BCUT2D eigenvalue weighted by Gasteiger charge is -2.25. The molecule has 0 saturated carbocycles. The summed E-state index contributed by atoms with van der Waals surface area (Å²) in [6.45, 7) is 5.99. The Balaban J connectivity index is 0.00000261. The van der Waals surface area contributed by atoms with Crippen molar-refractivity contribution < 1.29 is 4.74 Å². The van der Waals surface area contributed by atoms with Gasteiger partial charge in [-0.3, -0.25) is 0 Å². The zero-order valence-corrected chi connectivity index (χ0v) is 19.4. The Bertz CT molecular complexity index is 712. The van der Waals surface area contributed by atoms with Crippen LogP contribution in [0.3, 0.4) is 0 Å². The lowest BCUT2D eigenvalue weighted by atomic mass is 10.1. The van der Waals surface area contributed by atoms with Crippen LogP contribution in [0.2, 0.25) is 0 Å². The molecule has 0 radical (unpaired) electrons. The third-order valence-electron chi connectivity index (χ3n) is 4.71. The van der Waals surface area contributed by atoms with Gasteiger partial charge in [-0.25, -0.2) is 4.99 Å². The standard InChI is InChI=1S/C18H28N6OS.HI/c1-14-21-22-17(24(14)3)11-20-18(19-8-6-16-5-4-10-26-16)23(2)12-15-7-9-25-13-15;/h4-5,10,15H,6-9,11-13H2,1-3H3,(H,19,20);1H. The molecule has 1 atom stereocenters. The highest BCUT2D eigenvalue weighted by Gasteiger charge is 2.19. The maximum atomic E-state index is 5.51. The number of hydrogen-bond acceptors (Lipinski definition) is 5. The Morgan fingerprint density at radius 3 is 2.96 bits per heavy atom. The number of ether oxygens (including phenoxy) is 1. The molecule has 0 aliphatic carbocycles. The van der Waals surface area contributed by atoms with E-state index in [-0.39, 0.29) is 24.0 Å². The summed E-state index contributed by atoms with van der Waals surface area (Å²) in [6.07, 6.45) is 2.12. The molecule has 2 aromatic heterocycles. The van der Waals surface area contributed by atoms with Crippen LogP contribution in [0.5, 0.6) is 0 Å². The summed E-state index contributed by atoms with van der Waals surface area (Å²) < 4.78 is 7.49. The fourth-order valence-corrected chi connectivity index (χ4v) is 3.71. The van der Waals surface area contributed by atoms with Crippen LogP contribution in [0, 0.1) is 12.8 Å². The highest BCUT2D eigenvalue weighted by atomic mass is 127. The molecule has 9 heteroatoms. The molecule has 2 aromatic rings. The van der Waals surface area contributed by atoms with E-state index in [1.165, 1.54) is 4.88 Å². The van der Waals surface area contributed by atoms with E-state index in [0.717, 1.165) is 56.8 Å². The summed E-state index contributed by atoms with van der Waals surface area (Å²) >= 11 is 1.79. The van der Waals surface area contributed by atoms with Crippen molar-refractivity contribution in [3.63, 3.8) is 0 Å². The van der Waals surface area contributed by atoms with Gasteiger partial charge >= 0.3 is 0 Å². The van der Waals surface area contributed by atoms with Crippen molar-refractivity contribution in [2.24, 2.45) is 18.0 Å². The van der Waals surface area contributed by atoms with Crippen LogP contribution in [-0.2, 0) is 24.8 Å². The number of nitrogens with one attached hydrogen (secondary N) is 1. The van der Waals surface area contributed by atoms with E-state index in [2.05, 4.69) is 45.0 Å². The van der Waals surface area contributed by atoms with Gasteiger partial charge in [-0.2, -0.15) is 0 Å². The van der Waals surface area contributed by atoms with Crippen LogP contribution in [0.25, 0.3) is 0 Å². The molecular weight excluding hydrogens is 475 g/mol. The summed E-state index contributed by atoms with van der Waals surface area (Å²) in [6, 6.07) is 4.27. The molecular formula is C18H29IN6OS. The van der Waals surface area contributed by atoms with E-state index in [1.54, 1.807) is 11.3 Å². The molecule has 0 spiro atoms. The first kappa shape index (κ1) is 22.1. The maximum absolute atomic E-state index is 5.51. The molecule has 0 bridgehead atoms. The third-order valence-corrected chi connectivity index (χ3v) is 5.64. The largest absolute Gasteiger partial charge is 0.381 e. The average Bonchev–Trinajstić information content (AvgIpc) is 3.37. The smallest absolute Gasteiger partial charge is 0.194 e. The molecule has 1 aliphatic heterocycles. The minimum Gasteiger partial charge on any atom is -0.381 e. The molecule has 3 rings (SSSR count). The molecule has 0 aromatic carbocycles. The minimum absolute atomic E-state index is 0. The Labute approximate surface area is 182 Å². The molecule has 27 heavy (non-hydrogen) atoms. The van der Waals surface area contributed by atoms with Crippen molar-refractivity contribution in [2.75, 3.05) is 33.4 Å². The quantitative estimate of drug-likeness (QED) is 0.357. The molecule has 7 nitrogen and oxygen atoms in total. The number of halogens is 1. The number of rotatable bonds is 7. The summed E-state index contributed by atoms with van der Waals surface area (Å²) in [5.74, 6) is 3.26. The van der Waals surface area contributed by atoms with Gasteiger partial charge in [-0.1, -0.05) is 6.07 Å². The minimum atomic E-state index is 0. The molecule has 1 fully saturated rings. The highest BCUT2D eigenvalue weighted by molar-refractivity contribution is 14.0. The number of aryl methyl sites for hydroxylation is 1. The van der Waals surface area contributed by atoms with Gasteiger partial charge in [0.05, 0.1) is 6.61 Å². The Morgan fingerprint density at radius 2 is 2.33 bits per heavy atom. The monoisotopic (exact) mass is 504 g/mol. The van der Waals surface area contributed by atoms with Crippen LogP contribution in [0.4, 0.5) is 0 Å². The Morgan fingerprint density at radius 1 is 1.48 bits per heavy atom. The van der Waals surface area contributed by atoms with Crippen LogP contribution in [-0.4, -0.2) is 59.0 Å². The fraction of sp³-hybridized carbons (Fsp3) is 0.611. The van der Waals surface area contributed by atoms with Gasteiger partial charge in [0.1, 0.15) is 12.4 Å². The molecule has 1 aliphatic rings. The molecule has 150 valence electrons. The van der Waals surface area contributed by atoms with Crippen molar-refractivity contribution in [1.82, 2.24) is 25.0 Å². The van der Waals surface area contributed by atoms with E-state index in [1.807, 2.05) is 18.5 Å². The number of thiophene rings is 1. The average molecular weight is 504 g/mol. The zero-order valence-electron chi connectivity index (χ0n) is 16.2. The van der Waals surface area contributed by atoms with Gasteiger partial charge in [0.2, 0.25) is 0 Å². The normalized spacial score (nSPS) is 17.0. The van der Waals surface area contributed by atoms with E-state index in [4.69, 9.17) is 9.73 Å². The van der Waals surface area contributed by atoms with Crippen molar-refractivity contribution in [3.8, 4) is 0 Å². The second-order valence-electron chi connectivity index (χ2n) is 6.73. The highest BCUT2D eigenvalue weighted by Crippen LogP contribution is 2.13. The fourth-order valence-electron chi connectivity index (χ4n) is 3.00. The zero-order chi connectivity index (χ0) is 18.4. The van der Waals surface area contributed by atoms with Crippen LogP contribution in [0.15, 0.2) is 22.5 Å². The maximum Gasteiger partial charge on any atom is 0.194 e. The second kappa shape index (κ2) is 11.0. The van der Waals surface area contributed by atoms with Crippen molar-refractivity contribution in [2.45, 2.75) is 26.3 Å². The first-order valence-corrected chi connectivity index (χ1v) is 9.96. The van der Waals surface area contributed by atoms with Crippen LogP contribution >= 0.6 is 35.3 Å². The van der Waals surface area contributed by atoms with Crippen LogP contribution < -0.4 is 5.32 Å². The SMILES string of the molecule is Cc1nnc(CN=C(NCCc2cccs2)N(C)CC2CCOC2)n1C.I. The lowest BCUT2D eigenvalue weighted by molar-refractivity contribution is 0.181. The van der Waals surface area contributed by atoms with E-state index >= 15 is 0 Å². The molecule has 1 N–H and O–H groups in total.